The predicted octanol–water partition coefficient (Wildman–Crippen LogP) is 2.70. The number of carboxylic acid groups (broad SMARTS) is 1. The van der Waals surface area contributed by atoms with E-state index in [0.717, 1.165) is 0 Å². The molecule has 0 radical (unpaired) electrons. The molecule has 1 N–H and O–H groups in total. The van der Waals surface area contributed by atoms with Crippen LogP contribution in [0.3, 0.4) is 0 Å². The number of halogens is 1. The summed E-state index contributed by atoms with van der Waals surface area (Å²) in [5.74, 6) is -1.34. The predicted molar refractivity (Wildman–Crippen MR) is 52.3 cm³/mol. The third-order valence-electron chi connectivity index (χ3n) is 2.14. The Morgan fingerprint density at radius 3 is 2.50 bits per heavy atom. The van der Waals surface area contributed by atoms with Gasteiger partial charge >= 0.3 is 5.97 Å². The smallest absolute Gasteiger partial charge is 0.331 e. The number of carboxylic acids is 1. The summed E-state index contributed by atoms with van der Waals surface area (Å²) < 4.78 is 12.8. The monoisotopic (exact) mass is 194 g/mol. The molecule has 0 atom stereocenters. The van der Waals surface area contributed by atoms with Crippen molar-refractivity contribution >= 4 is 11.5 Å². The van der Waals surface area contributed by atoms with E-state index in [1.807, 2.05) is 0 Å². The summed E-state index contributed by atoms with van der Waals surface area (Å²) in [6.07, 6.45) is 0. The second-order valence-corrected chi connectivity index (χ2v) is 3.07. The first-order chi connectivity index (χ1) is 6.52. The summed E-state index contributed by atoms with van der Waals surface area (Å²) >= 11 is 0. The Morgan fingerprint density at radius 1 is 1.36 bits per heavy atom. The number of aliphatic carboxylic acids is 1. The second-order valence-electron chi connectivity index (χ2n) is 3.07. The van der Waals surface area contributed by atoms with Crippen molar-refractivity contribution in [3.63, 3.8) is 0 Å². The molecule has 0 saturated heterocycles. The topological polar surface area (TPSA) is 37.3 Å². The van der Waals surface area contributed by atoms with Crippen molar-refractivity contribution < 1.29 is 14.3 Å². The highest BCUT2D eigenvalue weighted by Gasteiger charge is 2.07. The molecule has 0 aliphatic heterocycles. The molecule has 0 unspecified atom stereocenters. The van der Waals surface area contributed by atoms with E-state index in [0.29, 0.717) is 11.1 Å². The number of carbonyl (C=O) groups is 1. The molecule has 0 fully saturated rings. The molecule has 0 heterocycles. The molecule has 0 spiro atoms. The largest absolute Gasteiger partial charge is 0.478 e. The van der Waals surface area contributed by atoms with Gasteiger partial charge in [-0.25, -0.2) is 9.18 Å². The van der Waals surface area contributed by atoms with Gasteiger partial charge in [-0.1, -0.05) is 12.1 Å². The van der Waals surface area contributed by atoms with E-state index in [-0.39, 0.29) is 11.4 Å². The molecule has 1 rings (SSSR count). The highest BCUT2D eigenvalue weighted by molar-refractivity contribution is 5.95. The van der Waals surface area contributed by atoms with Crippen LogP contribution in [0.1, 0.15) is 19.4 Å². The highest BCUT2D eigenvalue weighted by atomic mass is 19.1. The Morgan fingerprint density at radius 2 is 2.00 bits per heavy atom. The minimum Gasteiger partial charge on any atom is -0.478 e. The van der Waals surface area contributed by atoms with Gasteiger partial charge in [0, 0.05) is 5.57 Å². The SMILES string of the molecule is CC(C(=O)O)=C(C)c1cccc(F)c1. The van der Waals surface area contributed by atoms with Crippen molar-refractivity contribution in [1.29, 1.82) is 0 Å². The van der Waals surface area contributed by atoms with Crippen LogP contribution < -0.4 is 0 Å². The maximum absolute atomic E-state index is 12.8. The van der Waals surface area contributed by atoms with Gasteiger partial charge in [-0.2, -0.15) is 0 Å². The molecule has 14 heavy (non-hydrogen) atoms. The van der Waals surface area contributed by atoms with Crippen LogP contribution in [0, 0.1) is 5.82 Å². The molecule has 1 aromatic rings. The van der Waals surface area contributed by atoms with Crippen molar-refractivity contribution in [2.75, 3.05) is 0 Å². The van der Waals surface area contributed by atoms with Gasteiger partial charge in [0.1, 0.15) is 5.82 Å². The molecule has 0 aliphatic rings. The molecule has 0 amide bonds. The van der Waals surface area contributed by atoms with Gasteiger partial charge in [0.2, 0.25) is 0 Å². The molecular weight excluding hydrogens is 183 g/mol. The summed E-state index contributed by atoms with van der Waals surface area (Å²) in [6, 6.07) is 5.89. The van der Waals surface area contributed by atoms with E-state index in [2.05, 4.69) is 0 Å². The van der Waals surface area contributed by atoms with Crippen LogP contribution in [0.15, 0.2) is 29.8 Å². The maximum Gasteiger partial charge on any atom is 0.331 e. The van der Waals surface area contributed by atoms with Crippen molar-refractivity contribution in [3.8, 4) is 0 Å². The van der Waals surface area contributed by atoms with Crippen molar-refractivity contribution in [1.82, 2.24) is 0 Å². The van der Waals surface area contributed by atoms with Gasteiger partial charge in [0.25, 0.3) is 0 Å². The average Bonchev–Trinajstić information content (AvgIpc) is 2.15. The van der Waals surface area contributed by atoms with Gasteiger partial charge in [0.05, 0.1) is 0 Å². The van der Waals surface area contributed by atoms with E-state index in [1.54, 1.807) is 19.1 Å². The second kappa shape index (κ2) is 4.05. The molecule has 0 aromatic heterocycles. The molecule has 74 valence electrons. The van der Waals surface area contributed by atoms with Gasteiger partial charge < -0.3 is 5.11 Å². The van der Waals surface area contributed by atoms with Crippen LogP contribution in [0.25, 0.3) is 5.57 Å². The summed E-state index contributed by atoms with van der Waals surface area (Å²) in [4.78, 5) is 10.6. The van der Waals surface area contributed by atoms with Gasteiger partial charge in [-0.3, -0.25) is 0 Å². The Balaban J connectivity index is 3.18. The first-order valence-corrected chi connectivity index (χ1v) is 4.19. The molecule has 3 heteroatoms. The van der Waals surface area contributed by atoms with E-state index < -0.39 is 5.97 Å². The Hall–Kier alpha value is -1.64. The van der Waals surface area contributed by atoms with Crippen LogP contribution in [0.4, 0.5) is 4.39 Å². The fourth-order valence-corrected chi connectivity index (χ4v) is 1.10. The van der Waals surface area contributed by atoms with E-state index >= 15 is 0 Å². The van der Waals surface area contributed by atoms with Gasteiger partial charge in [0.15, 0.2) is 0 Å². The summed E-state index contributed by atoms with van der Waals surface area (Å²) in [5, 5.41) is 8.73. The number of rotatable bonds is 2. The van der Waals surface area contributed by atoms with Crippen LogP contribution in [0.2, 0.25) is 0 Å². The lowest BCUT2D eigenvalue weighted by molar-refractivity contribution is -0.132. The quantitative estimate of drug-likeness (QED) is 0.735. The number of hydrogen-bond acceptors (Lipinski definition) is 1. The summed E-state index contributed by atoms with van der Waals surface area (Å²) in [5.41, 5.74) is 1.41. The molecule has 0 saturated carbocycles. The summed E-state index contributed by atoms with van der Waals surface area (Å²) in [6.45, 7) is 3.17. The van der Waals surface area contributed by atoms with Crippen LogP contribution in [0.5, 0.6) is 0 Å². The average molecular weight is 194 g/mol. The van der Waals surface area contributed by atoms with Crippen LogP contribution in [-0.2, 0) is 4.79 Å². The third kappa shape index (κ3) is 2.19. The fraction of sp³-hybridized carbons (Fsp3) is 0.182. The van der Waals surface area contributed by atoms with E-state index in [9.17, 15) is 9.18 Å². The molecule has 2 nitrogen and oxygen atoms in total. The number of benzene rings is 1. The Bertz CT molecular complexity index is 394. The zero-order valence-electron chi connectivity index (χ0n) is 8.04. The van der Waals surface area contributed by atoms with Crippen molar-refractivity contribution in [3.05, 3.63) is 41.2 Å². The van der Waals surface area contributed by atoms with Gasteiger partial charge in [-0.15, -0.1) is 0 Å². The Kier molecular flexibility index (Phi) is 3.02. The molecule has 0 aliphatic carbocycles. The first kappa shape index (κ1) is 10.4. The van der Waals surface area contributed by atoms with Crippen LogP contribution in [-0.4, -0.2) is 11.1 Å². The summed E-state index contributed by atoms with van der Waals surface area (Å²) in [7, 11) is 0. The zero-order chi connectivity index (χ0) is 10.7. The third-order valence-corrected chi connectivity index (χ3v) is 2.14. The lowest BCUT2D eigenvalue weighted by atomic mass is 10.0. The zero-order valence-corrected chi connectivity index (χ0v) is 8.04. The van der Waals surface area contributed by atoms with Gasteiger partial charge in [-0.05, 0) is 37.1 Å². The molecule has 1 aromatic carbocycles. The maximum atomic E-state index is 12.8. The fourth-order valence-electron chi connectivity index (χ4n) is 1.10. The standard InChI is InChI=1S/C11H11FO2/c1-7(8(2)11(13)14)9-4-3-5-10(12)6-9/h3-6H,1-2H3,(H,13,14). The van der Waals surface area contributed by atoms with Crippen molar-refractivity contribution in [2.45, 2.75) is 13.8 Å². The minimum atomic E-state index is -0.980. The van der Waals surface area contributed by atoms with Crippen molar-refractivity contribution in [2.24, 2.45) is 0 Å². The highest BCUT2D eigenvalue weighted by Crippen LogP contribution is 2.18. The lowest BCUT2D eigenvalue weighted by Gasteiger charge is -2.04. The first-order valence-electron chi connectivity index (χ1n) is 4.19. The Labute approximate surface area is 81.7 Å². The number of allylic oxidation sites excluding steroid dienone is 1. The van der Waals surface area contributed by atoms with E-state index in [4.69, 9.17) is 5.11 Å². The molecule has 0 bridgehead atoms. The number of hydrogen-bond donors (Lipinski definition) is 1. The lowest BCUT2D eigenvalue weighted by Crippen LogP contribution is -1.99. The minimum absolute atomic E-state index is 0.232. The van der Waals surface area contributed by atoms with E-state index in [1.165, 1.54) is 19.1 Å². The van der Waals surface area contributed by atoms with Crippen LogP contribution >= 0.6 is 0 Å². The molecular formula is C11H11FO2. The normalized spacial score (nSPS) is 12.2.